The highest BCUT2D eigenvalue weighted by Crippen LogP contribution is 2.32. The SMILES string of the molecule is CC1(c2ccc3ccccc3c2)NC(=O)N(CC(=O)N2CC(=O)Nc3ccccc32)C1=O. The van der Waals surface area contributed by atoms with Crippen LogP contribution in [0.3, 0.4) is 0 Å². The lowest BCUT2D eigenvalue weighted by Crippen LogP contribution is -2.48. The Morgan fingerprint density at radius 2 is 1.69 bits per heavy atom. The van der Waals surface area contributed by atoms with Crippen LogP contribution in [0.2, 0.25) is 0 Å². The molecule has 2 heterocycles. The maximum Gasteiger partial charge on any atom is 0.325 e. The van der Waals surface area contributed by atoms with E-state index in [9.17, 15) is 19.2 Å². The largest absolute Gasteiger partial charge is 0.325 e. The van der Waals surface area contributed by atoms with E-state index in [1.54, 1.807) is 37.3 Å². The predicted octanol–water partition coefficient (Wildman–Crippen LogP) is 2.59. The molecular weight excluding hydrogens is 408 g/mol. The monoisotopic (exact) mass is 428 g/mol. The molecule has 8 heteroatoms. The van der Waals surface area contributed by atoms with Crippen molar-refractivity contribution >= 4 is 45.9 Å². The molecule has 3 aromatic rings. The standard InChI is InChI=1S/C24H20N4O4/c1-24(17-11-10-15-6-2-3-7-16(15)12-17)22(31)28(23(32)26-24)14-21(30)27-13-20(29)25-18-8-4-5-9-19(18)27/h2-12H,13-14H2,1H3,(H,25,29)(H,26,32). The molecule has 1 saturated heterocycles. The molecule has 0 saturated carbocycles. The first-order valence-electron chi connectivity index (χ1n) is 10.2. The molecule has 0 aliphatic carbocycles. The van der Waals surface area contributed by atoms with Gasteiger partial charge in [-0.05, 0) is 41.5 Å². The number of hydrogen-bond acceptors (Lipinski definition) is 4. The van der Waals surface area contributed by atoms with E-state index >= 15 is 0 Å². The Morgan fingerprint density at radius 3 is 2.50 bits per heavy atom. The summed E-state index contributed by atoms with van der Waals surface area (Å²) < 4.78 is 0. The summed E-state index contributed by atoms with van der Waals surface area (Å²) in [6.45, 7) is 0.988. The summed E-state index contributed by atoms with van der Waals surface area (Å²) in [7, 11) is 0. The van der Waals surface area contributed by atoms with E-state index in [0.29, 0.717) is 16.9 Å². The summed E-state index contributed by atoms with van der Waals surface area (Å²) in [5, 5.41) is 7.41. The van der Waals surface area contributed by atoms with Gasteiger partial charge in [0.2, 0.25) is 11.8 Å². The van der Waals surface area contributed by atoms with Crippen molar-refractivity contribution in [3.8, 4) is 0 Å². The Labute approximate surface area is 183 Å². The number of para-hydroxylation sites is 2. The van der Waals surface area contributed by atoms with Gasteiger partial charge in [0.25, 0.3) is 5.91 Å². The molecule has 32 heavy (non-hydrogen) atoms. The van der Waals surface area contributed by atoms with Crippen molar-refractivity contribution < 1.29 is 19.2 Å². The second-order valence-corrected chi connectivity index (χ2v) is 8.05. The number of nitrogens with one attached hydrogen (secondary N) is 2. The van der Waals surface area contributed by atoms with Crippen LogP contribution in [0.15, 0.2) is 66.7 Å². The number of urea groups is 1. The molecule has 0 radical (unpaired) electrons. The quantitative estimate of drug-likeness (QED) is 0.627. The number of imide groups is 1. The van der Waals surface area contributed by atoms with E-state index in [1.807, 2.05) is 36.4 Å². The number of anilines is 2. The van der Waals surface area contributed by atoms with Crippen LogP contribution in [0.4, 0.5) is 16.2 Å². The Balaban J connectivity index is 1.42. The van der Waals surface area contributed by atoms with Gasteiger partial charge < -0.3 is 10.6 Å². The number of fused-ring (bicyclic) bond motifs is 2. The molecule has 160 valence electrons. The molecule has 8 nitrogen and oxygen atoms in total. The van der Waals surface area contributed by atoms with Crippen molar-refractivity contribution in [2.45, 2.75) is 12.5 Å². The van der Waals surface area contributed by atoms with Gasteiger partial charge in [-0.2, -0.15) is 0 Å². The molecule has 1 unspecified atom stereocenters. The van der Waals surface area contributed by atoms with E-state index in [0.717, 1.165) is 15.7 Å². The first-order chi connectivity index (χ1) is 15.4. The van der Waals surface area contributed by atoms with Crippen LogP contribution in [-0.2, 0) is 19.9 Å². The Kier molecular flexibility index (Phi) is 4.44. The average Bonchev–Trinajstić information content (AvgIpc) is 3.02. The molecule has 3 aromatic carbocycles. The number of hydrogen-bond donors (Lipinski definition) is 2. The highest BCUT2D eigenvalue weighted by Gasteiger charge is 2.50. The second-order valence-electron chi connectivity index (χ2n) is 8.05. The van der Waals surface area contributed by atoms with E-state index in [4.69, 9.17) is 0 Å². The molecule has 5 amide bonds. The fraction of sp³-hybridized carbons (Fsp3) is 0.167. The van der Waals surface area contributed by atoms with Gasteiger partial charge in [-0.15, -0.1) is 0 Å². The predicted molar refractivity (Wildman–Crippen MR) is 119 cm³/mol. The Bertz CT molecular complexity index is 1300. The second kappa shape index (κ2) is 7.19. The maximum atomic E-state index is 13.3. The molecule has 0 bridgehead atoms. The lowest BCUT2D eigenvalue weighted by atomic mass is 9.90. The third-order valence-corrected chi connectivity index (χ3v) is 5.97. The van der Waals surface area contributed by atoms with E-state index in [-0.39, 0.29) is 12.5 Å². The molecule has 2 N–H and O–H groups in total. The fourth-order valence-corrected chi connectivity index (χ4v) is 4.21. The number of benzene rings is 3. The minimum Gasteiger partial charge on any atom is -0.323 e. The van der Waals surface area contributed by atoms with E-state index < -0.39 is 29.9 Å². The molecule has 1 fully saturated rings. The Morgan fingerprint density at radius 1 is 0.969 bits per heavy atom. The third-order valence-electron chi connectivity index (χ3n) is 5.97. The normalized spacial score (nSPS) is 20.2. The van der Waals surface area contributed by atoms with Crippen LogP contribution >= 0.6 is 0 Å². The molecule has 1 atom stereocenters. The van der Waals surface area contributed by atoms with Gasteiger partial charge in [-0.1, -0.05) is 48.5 Å². The van der Waals surface area contributed by atoms with Crippen LogP contribution < -0.4 is 15.5 Å². The summed E-state index contributed by atoms with van der Waals surface area (Å²) in [4.78, 5) is 53.3. The number of carbonyl (C=O) groups is 4. The van der Waals surface area contributed by atoms with Crippen molar-refractivity contribution in [2.75, 3.05) is 23.3 Å². The molecule has 5 rings (SSSR count). The zero-order valence-electron chi connectivity index (χ0n) is 17.3. The van der Waals surface area contributed by atoms with Gasteiger partial charge >= 0.3 is 6.03 Å². The third kappa shape index (κ3) is 3.08. The highest BCUT2D eigenvalue weighted by molar-refractivity contribution is 6.14. The first kappa shape index (κ1) is 19.7. The molecule has 2 aliphatic rings. The van der Waals surface area contributed by atoms with Crippen molar-refractivity contribution in [1.82, 2.24) is 10.2 Å². The van der Waals surface area contributed by atoms with Crippen LogP contribution in [0.5, 0.6) is 0 Å². The molecule has 0 spiro atoms. The Hall–Kier alpha value is -4.20. The van der Waals surface area contributed by atoms with Crippen LogP contribution in [0.25, 0.3) is 10.8 Å². The van der Waals surface area contributed by atoms with Crippen LogP contribution in [-0.4, -0.2) is 41.7 Å². The zero-order chi connectivity index (χ0) is 22.5. The summed E-state index contributed by atoms with van der Waals surface area (Å²) in [5.41, 5.74) is 0.377. The maximum absolute atomic E-state index is 13.3. The van der Waals surface area contributed by atoms with Crippen molar-refractivity contribution in [3.63, 3.8) is 0 Å². The molecular formula is C24H20N4O4. The van der Waals surface area contributed by atoms with Crippen molar-refractivity contribution in [3.05, 3.63) is 72.3 Å². The number of amides is 5. The van der Waals surface area contributed by atoms with Crippen molar-refractivity contribution in [1.29, 1.82) is 0 Å². The first-order valence-corrected chi connectivity index (χ1v) is 10.2. The van der Waals surface area contributed by atoms with Gasteiger partial charge in [0.05, 0.1) is 11.4 Å². The lowest BCUT2D eigenvalue weighted by molar-refractivity contribution is -0.134. The van der Waals surface area contributed by atoms with Gasteiger partial charge in [0.1, 0.15) is 18.6 Å². The van der Waals surface area contributed by atoms with Gasteiger partial charge in [0, 0.05) is 0 Å². The molecule has 2 aliphatic heterocycles. The highest BCUT2D eigenvalue weighted by atomic mass is 16.2. The summed E-state index contributed by atoms with van der Waals surface area (Å²) in [6, 6.07) is 19.6. The smallest absolute Gasteiger partial charge is 0.323 e. The van der Waals surface area contributed by atoms with Crippen LogP contribution in [0.1, 0.15) is 12.5 Å². The summed E-state index contributed by atoms with van der Waals surface area (Å²) in [5.74, 6) is -1.37. The molecule has 0 aromatic heterocycles. The average molecular weight is 428 g/mol. The van der Waals surface area contributed by atoms with Gasteiger partial charge in [0.15, 0.2) is 0 Å². The minimum absolute atomic E-state index is 0.179. The topological polar surface area (TPSA) is 98.8 Å². The summed E-state index contributed by atoms with van der Waals surface area (Å²) in [6.07, 6.45) is 0. The van der Waals surface area contributed by atoms with E-state index in [1.165, 1.54) is 4.90 Å². The number of rotatable bonds is 3. The zero-order valence-corrected chi connectivity index (χ0v) is 17.3. The lowest BCUT2D eigenvalue weighted by Gasteiger charge is -2.30. The minimum atomic E-state index is -1.29. The number of carbonyl (C=O) groups excluding carboxylic acids is 4. The van der Waals surface area contributed by atoms with Crippen LogP contribution in [0, 0.1) is 0 Å². The fourth-order valence-electron chi connectivity index (χ4n) is 4.21. The van der Waals surface area contributed by atoms with Crippen molar-refractivity contribution in [2.24, 2.45) is 0 Å². The van der Waals surface area contributed by atoms with E-state index in [2.05, 4.69) is 10.6 Å². The number of nitrogens with zero attached hydrogens (tertiary/aromatic N) is 2. The van der Waals surface area contributed by atoms with Gasteiger partial charge in [-0.3, -0.25) is 24.2 Å². The summed E-state index contributed by atoms with van der Waals surface area (Å²) >= 11 is 0. The van der Waals surface area contributed by atoms with Gasteiger partial charge in [-0.25, -0.2) is 4.79 Å².